The van der Waals surface area contributed by atoms with Gasteiger partial charge in [-0.15, -0.1) is 0 Å². The molecule has 4 aromatic rings. The molecular weight excluding hydrogens is 384 g/mol. The summed E-state index contributed by atoms with van der Waals surface area (Å²) in [5, 5.41) is 0. The van der Waals surface area contributed by atoms with Crippen molar-refractivity contribution in [2.75, 3.05) is 23.7 Å². The largest absolute Gasteiger partial charge is 0.378 e. The molecule has 0 saturated carbocycles. The number of nitrogens with zero attached hydrogens (tertiary/aromatic N) is 3. The molecule has 0 fully saturated rings. The maximum Gasteiger partial charge on any atom is 0.261 e. The third-order valence-corrected chi connectivity index (χ3v) is 6.24. The predicted octanol–water partition coefficient (Wildman–Crippen LogP) is 4.27. The molecular formula is C22H22N4O2S. The summed E-state index contributed by atoms with van der Waals surface area (Å²) in [7, 11) is 0.252. The van der Waals surface area contributed by atoms with Gasteiger partial charge in [0.25, 0.3) is 10.0 Å². The van der Waals surface area contributed by atoms with Gasteiger partial charge in [-0.05, 0) is 61.9 Å². The fourth-order valence-electron chi connectivity index (χ4n) is 3.13. The Morgan fingerprint density at radius 3 is 2.10 bits per heavy atom. The van der Waals surface area contributed by atoms with Crippen LogP contribution in [-0.4, -0.2) is 32.5 Å². The lowest BCUT2D eigenvalue weighted by molar-refractivity contribution is 0.601. The van der Waals surface area contributed by atoms with Gasteiger partial charge in [0.15, 0.2) is 0 Å². The predicted molar refractivity (Wildman–Crippen MR) is 118 cm³/mol. The summed E-state index contributed by atoms with van der Waals surface area (Å²) in [5.41, 5.74) is 6.24. The fraction of sp³-hybridized carbons (Fsp3) is 0.182. The van der Waals surface area contributed by atoms with Crippen LogP contribution in [0.3, 0.4) is 0 Å². The number of aryl methyl sites for hydroxylation is 2. The Hall–Kier alpha value is -3.19. The first-order valence-corrected chi connectivity index (χ1v) is 10.7. The molecule has 0 bridgehead atoms. The first kappa shape index (κ1) is 19.1. The number of fused-ring (bicyclic) bond motifs is 2. The van der Waals surface area contributed by atoms with Crippen molar-refractivity contribution in [2.24, 2.45) is 0 Å². The Kier molecular flexibility index (Phi) is 4.62. The second-order valence-electron chi connectivity index (χ2n) is 7.37. The van der Waals surface area contributed by atoms with Crippen LogP contribution in [-0.2, 0) is 10.0 Å². The maximum absolute atomic E-state index is 12.8. The topological polar surface area (TPSA) is 75.2 Å². The minimum atomic E-state index is -3.69. The molecule has 0 amide bonds. The van der Waals surface area contributed by atoms with Gasteiger partial charge in [0.05, 0.1) is 32.6 Å². The van der Waals surface area contributed by atoms with E-state index in [9.17, 15) is 8.42 Å². The van der Waals surface area contributed by atoms with Crippen LogP contribution in [0.1, 0.15) is 11.1 Å². The number of aromatic nitrogens is 2. The number of rotatable bonds is 4. The molecule has 3 aromatic carbocycles. The van der Waals surface area contributed by atoms with E-state index in [-0.39, 0.29) is 4.90 Å². The Balaban J connectivity index is 1.79. The summed E-state index contributed by atoms with van der Waals surface area (Å²) in [6.45, 7) is 3.77. The molecule has 4 rings (SSSR count). The molecule has 1 heterocycles. The van der Waals surface area contributed by atoms with Gasteiger partial charge < -0.3 is 4.90 Å². The standard InChI is InChI=1S/C22H22N4O2S/c1-14-5-8-17(9-6-14)29(27,28)25-19-13-22-20(11-15(19)2)23-18-10-7-16(26(3)4)12-21(18)24-22/h5-13,25H,1-4H3. The van der Waals surface area contributed by atoms with E-state index in [0.29, 0.717) is 11.2 Å². The third-order valence-electron chi connectivity index (χ3n) is 4.85. The molecule has 0 saturated heterocycles. The lowest BCUT2D eigenvalue weighted by atomic mass is 10.1. The van der Waals surface area contributed by atoms with Crippen LogP contribution in [0.2, 0.25) is 0 Å². The number of hydrogen-bond donors (Lipinski definition) is 1. The van der Waals surface area contributed by atoms with Crippen LogP contribution < -0.4 is 9.62 Å². The van der Waals surface area contributed by atoms with E-state index in [1.165, 1.54) is 0 Å². The molecule has 6 nitrogen and oxygen atoms in total. The SMILES string of the molecule is Cc1ccc(S(=O)(=O)Nc2cc3nc4cc(N(C)C)ccc4nc3cc2C)cc1. The molecule has 0 aliphatic carbocycles. The normalized spacial score (nSPS) is 11.7. The second kappa shape index (κ2) is 7.00. The number of nitrogens with one attached hydrogen (secondary N) is 1. The smallest absolute Gasteiger partial charge is 0.261 e. The molecule has 0 atom stereocenters. The summed E-state index contributed by atoms with van der Waals surface area (Å²) in [4.78, 5) is 11.6. The Morgan fingerprint density at radius 2 is 1.41 bits per heavy atom. The highest BCUT2D eigenvalue weighted by molar-refractivity contribution is 7.92. The van der Waals surface area contributed by atoms with Crippen molar-refractivity contribution in [2.45, 2.75) is 18.7 Å². The minimum absolute atomic E-state index is 0.225. The maximum atomic E-state index is 12.8. The van der Waals surface area contributed by atoms with Crippen molar-refractivity contribution in [3.63, 3.8) is 0 Å². The summed E-state index contributed by atoms with van der Waals surface area (Å²) < 4.78 is 28.2. The number of sulfonamides is 1. The molecule has 1 aromatic heterocycles. The van der Waals surface area contributed by atoms with Crippen LogP contribution in [0, 0.1) is 13.8 Å². The fourth-order valence-corrected chi connectivity index (χ4v) is 4.25. The van der Waals surface area contributed by atoms with Gasteiger partial charge in [0.2, 0.25) is 0 Å². The molecule has 0 radical (unpaired) electrons. The summed E-state index contributed by atoms with van der Waals surface area (Å²) in [5.74, 6) is 0. The van der Waals surface area contributed by atoms with E-state index in [1.807, 2.05) is 57.1 Å². The van der Waals surface area contributed by atoms with E-state index >= 15 is 0 Å². The third kappa shape index (κ3) is 3.73. The van der Waals surface area contributed by atoms with Crippen molar-refractivity contribution in [3.05, 3.63) is 65.7 Å². The van der Waals surface area contributed by atoms with E-state index in [1.54, 1.807) is 30.3 Å². The Labute approximate surface area is 170 Å². The highest BCUT2D eigenvalue weighted by Crippen LogP contribution is 2.27. The highest BCUT2D eigenvalue weighted by Gasteiger charge is 2.16. The molecule has 0 unspecified atom stereocenters. The van der Waals surface area contributed by atoms with E-state index < -0.39 is 10.0 Å². The zero-order chi connectivity index (χ0) is 20.8. The van der Waals surface area contributed by atoms with Crippen LogP contribution in [0.4, 0.5) is 11.4 Å². The number of hydrogen-bond acceptors (Lipinski definition) is 5. The monoisotopic (exact) mass is 406 g/mol. The van der Waals surface area contributed by atoms with Crippen LogP contribution in [0.15, 0.2) is 59.5 Å². The van der Waals surface area contributed by atoms with Crippen LogP contribution in [0.25, 0.3) is 22.1 Å². The van der Waals surface area contributed by atoms with Gasteiger partial charge in [-0.2, -0.15) is 0 Å². The van der Waals surface area contributed by atoms with Crippen LogP contribution in [0.5, 0.6) is 0 Å². The zero-order valence-electron chi connectivity index (χ0n) is 16.8. The van der Waals surface area contributed by atoms with Gasteiger partial charge in [0, 0.05) is 19.8 Å². The quantitative estimate of drug-likeness (QED) is 0.512. The van der Waals surface area contributed by atoms with Crippen molar-refractivity contribution >= 4 is 43.5 Å². The van der Waals surface area contributed by atoms with E-state index in [2.05, 4.69) is 9.71 Å². The summed E-state index contributed by atoms with van der Waals surface area (Å²) in [6, 6.07) is 16.3. The number of benzene rings is 3. The van der Waals surface area contributed by atoms with E-state index in [0.717, 1.165) is 33.4 Å². The highest BCUT2D eigenvalue weighted by atomic mass is 32.2. The molecule has 29 heavy (non-hydrogen) atoms. The summed E-state index contributed by atoms with van der Waals surface area (Å²) in [6.07, 6.45) is 0. The van der Waals surface area contributed by atoms with Crippen molar-refractivity contribution in [3.8, 4) is 0 Å². The first-order chi connectivity index (χ1) is 13.7. The van der Waals surface area contributed by atoms with Gasteiger partial charge in [-0.25, -0.2) is 18.4 Å². The lowest BCUT2D eigenvalue weighted by Gasteiger charge is -2.14. The van der Waals surface area contributed by atoms with Gasteiger partial charge in [0.1, 0.15) is 0 Å². The average Bonchev–Trinajstić information content (AvgIpc) is 2.67. The van der Waals surface area contributed by atoms with Gasteiger partial charge in [-0.1, -0.05) is 17.7 Å². The first-order valence-electron chi connectivity index (χ1n) is 9.22. The average molecular weight is 407 g/mol. The van der Waals surface area contributed by atoms with Crippen molar-refractivity contribution < 1.29 is 8.42 Å². The minimum Gasteiger partial charge on any atom is -0.378 e. The van der Waals surface area contributed by atoms with Gasteiger partial charge >= 0.3 is 0 Å². The number of anilines is 2. The Bertz CT molecular complexity index is 1330. The molecule has 0 aliphatic rings. The lowest BCUT2D eigenvalue weighted by Crippen LogP contribution is -2.14. The van der Waals surface area contributed by atoms with Crippen molar-refractivity contribution in [1.29, 1.82) is 0 Å². The molecule has 0 spiro atoms. The zero-order valence-corrected chi connectivity index (χ0v) is 17.6. The molecule has 148 valence electrons. The van der Waals surface area contributed by atoms with Gasteiger partial charge in [-0.3, -0.25) is 4.72 Å². The van der Waals surface area contributed by atoms with Crippen molar-refractivity contribution in [1.82, 2.24) is 9.97 Å². The Morgan fingerprint density at radius 1 is 0.793 bits per heavy atom. The second-order valence-corrected chi connectivity index (χ2v) is 9.05. The molecule has 7 heteroatoms. The van der Waals surface area contributed by atoms with E-state index in [4.69, 9.17) is 4.98 Å². The molecule has 0 aliphatic heterocycles. The summed E-state index contributed by atoms with van der Waals surface area (Å²) >= 11 is 0. The van der Waals surface area contributed by atoms with Crippen LogP contribution >= 0.6 is 0 Å². The molecule has 1 N–H and O–H groups in total.